The first-order valence-electron chi connectivity index (χ1n) is 17.9. The smallest absolute Gasteiger partial charge is 0.251 e. The summed E-state index contributed by atoms with van der Waals surface area (Å²) in [5.41, 5.74) is 15.5. The summed E-state index contributed by atoms with van der Waals surface area (Å²) in [5, 5.41) is 21.4. The maximum absolute atomic E-state index is 14.0. The molecule has 0 spiro atoms. The van der Waals surface area contributed by atoms with Crippen molar-refractivity contribution in [3.05, 3.63) is 82.4 Å². The summed E-state index contributed by atoms with van der Waals surface area (Å²) in [7, 11) is 1.40. The van der Waals surface area contributed by atoms with Crippen molar-refractivity contribution in [2.75, 3.05) is 59.5 Å². The Morgan fingerprint density at radius 2 is 1.57 bits per heavy atom. The Morgan fingerprint density at radius 1 is 0.893 bits per heavy atom. The number of hydrogen-bond acceptors (Lipinski definition) is 11. The number of aryl methyl sites for hydroxylation is 2. The number of fused-ring (bicyclic) bond motifs is 5. The zero-order chi connectivity index (χ0) is 40.8. The van der Waals surface area contributed by atoms with Crippen molar-refractivity contribution >= 4 is 35.4 Å². The van der Waals surface area contributed by atoms with Gasteiger partial charge in [-0.1, -0.05) is 29.8 Å². The fourth-order valence-corrected chi connectivity index (χ4v) is 6.02. The van der Waals surface area contributed by atoms with Crippen LogP contribution in [0.2, 0.25) is 0 Å². The molecule has 3 aromatic carbocycles. The number of carbonyl (C=O) groups is 6. The van der Waals surface area contributed by atoms with E-state index in [0.29, 0.717) is 39.3 Å². The third-order valence-electron chi connectivity index (χ3n) is 8.76. The van der Waals surface area contributed by atoms with Crippen molar-refractivity contribution in [1.29, 1.82) is 5.26 Å². The molecular weight excluding hydrogens is 722 g/mol. The van der Waals surface area contributed by atoms with Gasteiger partial charge in [0, 0.05) is 43.2 Å². The summed E-state index contributed by atoms with van der Waals surface area (Å²) in [6.07, 6.45) is -0.0398. The molecule has 296 valence electrons. The van der Waals surface area contributed by atoms with Gasteiger partial charge in [-0.15, -0.1) is 0 Å². The van der Waals surface area contributed by atoms with Gasteiger partial charge in [-0.25, -0.2) is 0 Å². The Labute approximate surface area is 324 Å². The third kappa shape index (κ3) is 11.3. The summed E-state index contributed by atoms with van der Waals surface area (Å²) in [4.78, 5) is 80.7. The van der Waals surface area contributed by atoms with Gasteiger partial charge in [0.15, 0.2) is 0 Å². The van der Waals surface area contributed by atoms with Crippen LogP contribution in [0.25, 0.3) is 11.1 Å². The molecule has 0 aromatic heterocycles. The van der Waals surface area contributed by atoms with E-state index in [4.69, 9.17) is 26.2 Å². The Balaban J connectivity index is 1.77. The number of benzene rings is 3. The molecule has 0 aliphatic carbocycles. The van der Waals surface area contributed by atoms with Crippen molar-refractivity contribution in [2.45, 2.75) is 32.4 Å². The molecule has 0 fully saturated rings. The molecule has 6 amide bonds. The van der Waals surface area contributed by atoms with Gasteiger partial charge in [0.1, 0.15) is 43.3 Å². The maximum atomic E-state index is 14.0. The standard InChI is InChI=1S/C39H47N9O8/c1-23-4-7-27(24(2)16-23)37(52)46-22-35(51)48(3)36-26-6-9-32(56-15-12-42)29(19-26)28-17-25(5-8-31(28)55-14-11-41)18-30(47-34(50)21-45-39(36)54)38(53)44-20-33(49)43-13-10-40/h4-9,16-17,19,30,36H,11-15,18,20-22,41-42H2,1-3H3,(H,43,49)(H,44,53)(H,45,54)(H,46,52)(H,47,50)/t30-,36-/m0/s1. The Hall–Kier alpha value is -6.51. The molecule has 1 aliphatic heterocycles. The highest BCUT2D eigenvalue weighted by Gasteiger charge is 2.32. The van der Waals surface area contributed by atoms with Crippen LogP contribution in [-0.4, -0.2) is 106 Å². The highest BCUT2D eigenvalue weighted by molar-refractivity contribution is 5.99. The van der Waals surface area contributed by atoms with E-state index in [1.807, 2.05) is 13.0 Å². The summed E-state index contributed by atoms with van der Waals surface area (Å²) in [6, 6.07) is 14.6. The topological polar surface area (TPSA) is 260 Å². The number of hydrogen-bond donors (Lipinski definition) is 7. The third-order valence-corrected chi connectivity index (χ3v) is 8.76. The molecule has 4 bridgehead atoms. The number of nitrogens with two attached hydrogens (primary N) is 2. The molecule has 3 aromatic rings. The molecule has 0 radical (unpaired) electrons. The van der Waals surface area contributed by atoms with Crippen LogP contribution in [0.5, 0.6) is 11.5 Å². The van der Waals surface area contributed by atoms with Crippen molar-refractivity contribution in [3.8, 4) is 28.7 Å². The van der Waals surface area contributed by atoms with Crippen molar-refractivity contribution in [1.82, 2.24) is 31.5 Å². The average molecular weight is 770 g/mol. The van der Waals surface area contributed by atoms with E-state index in [1.165, 1.54) is 7.05 Å². The number of rotatable bonds is 14. The molecule has 56 heavy (non-hydrogen) atoms. The molecule has 4 rings (SSSR count). The lowest BCUT2D eigenvalue weighted by molar-refractivity contribution is -0.139. The SMILES string of the molecule is Cc1ccc(C(=O)NCC(=O)N(C)[C@@H]2C(=O)NCC(=O)N[C@H](C(=O)NCC(=O)NCC#N)Cc3ccc(OCCN)c(c3)-c3cc2ccc3OCCN)c(C)c1. The van der Waals surface area contributed by atoms with E-state index < -0.39 is 67.2 Å². The van der Waals surface area contributed by atoms with Crippen molar-refractivity contribution < 1.29 is 38.2 Å². The average Bonchev–Trinajstić information content (AvgIpc) is 3.18. The minimum Gasteiger partial charge on any atom is -0.492 e. The van der Waals surface area contributed by atoms with E-state index >= 15 is 0 Å². The molecule has 17 nitrogen and oxygen atoms in total. The molecule has 0 saturated carbocycles. The van der Waals surface area contributed by atoms with Crippen LogP contribution in [0.1, 0.15) is 38.7 Å². The molecule has 17 heteroatoms. The van der Waals surface area contributed by atoms with E-state index in [0.717, 1.165) is 16.0 Å². The zero-order valence-electron chi connectivity index (χ0n) is 31.5. The van der Waals surface area contributed by atoms with Gasteiger partial charge in [0.2, 0.25) is 29.5 Å². The highest BCUT2D eigenvalue weighted by Crippen LogP contribution is 2.40. The molecular formula is C39H47N9O8. The molecule has 2 atom stereocenters. The highest BCUT2D eigenvalue weighted by atomic mass is 16.5. The molecule has 9 N–H and O–H groups in total. The predicted octanol–water partition coefficient (Wildman–Crippen LogP) is -0.512. The van der Waals surface area contributed by atoms with Gasteiger partial charge in [-0.3, -0.25) is 28.8 Å². The van der Waals surface area contributed by atoms with Gasteiger partial charge < -0.3 is 52.4 Å². The first-order valence-corrected chi connectivity index (χ1v) is 17.9. The Bertz CT molecular complexity index is 2000. The summed E-state index contributed by atoms with van der Waals surface area (Å²) >= 11 is 0. The number of amides is 6. The quantitative estimate of drug-likeness (QED) is 0.103. The minimum absolute atomic E-state index is 0.0398. The minimum atomic E-state index is -1.32. The number of likely N-dealkylation sites (N-methyl/N-ethyl adjacent to an activating group) is 1. The molecule has 1 aliphatic rings. The first-order chi connectivity index (χ1) is 26.9. The van der Waals surface area contributed by atoms with Crippen LogP contribution >= 0.6 is 0 Å². The molecule has 0 saturated heterocycles. The fraction of sp³-hybridized carbons (Fsp3) is 0.359. The van der Waals surface area contributed by atoms with E-state index in [-0.39, 0.29) is 39.3 Å². The molecule has 1 heterocycles. The lowest BCUT2D eigenvalue weighted by Gasteiger charge is -2.29. The van der Waals surface area contributed by atoms with Crippen molar-refractivity contribution in [2.24, 2.45) is 11.5 Å². The van der Waals surface area contributed by atoms with Crippen LogP contribution in [-0.2, 0) is 30.4 Å². The largest absolute Gasteiger partial charge is 0.492 e. The molecule has 0 unspecified atom stereocenters. The lowest BCUT2D eigenvalue weighted by Crippen LogP contribution is -2.52. The zero-order valence-corrected chi connectivity index (χ0v) is 31.5. The van der Waals surface area contributed by atoms with Crippen LogP contribution in [0.15, 0.2) is 54.6 Å². The summed E-state index contributed by atoms with van der Waals surface area (Å²) < 4.78 is 12.0. The number of ether oxygens (including phenoxy) is 2. The van der Waals surface area contributed by atoms with Gasteiger partial charge in [-0.2, -0.15) is 5.26 Å². The number of nitrogens with zero attached hydrogens (tertiary/aromatic N) is 2. The first kappa shape index (κ1) is 42.2. The summed E-state index contributed by atoms with van der Waals surface area (Å²) in [6.45, 7) is 2.65. The predicted molar refractivity (Wildman–Crippen MR) is 205 cm³/mol. The second kappa shape index (κ2) is 20.2. The van der Waals surface area contributed by atoms with Crippen molar-refractivity contribution in [3.63, 3.8) is 0 Å². The van der Waals surface area contributed by atoms with Crippen LogP contribution in [0, 0.1) is 25.2 Å². The number of nitrogens with one attached hydrogen (secondary N) is 5. The van der Waals surface area contributed by atoms with Gasteiger partial charge in [0.25, 0.3) is 5.91 Å². The second-order valence-electron chi connectivity index (χ2n) is 13.0. The van der Waals surface area contributed by atoms with E-state index in [1.54, 1.807) is 61.5 Å². The van der Waals surface area contributed by atoms with E-state index in [9.17, 15) is 28.8 Å². The van der Waals surface area contributed by atoms with E-state index in [2.05, 4.69) is 26.6 Å². The van der Waals surface area contributed by atoms with Crippen LogP contribution < -0.4 is 47.5 Å². The van der Waals surface area contributed by atoms with Gasteiger partial charge >= 0.3 is 0 Å². The maximum Gasteiger partial charge on any atom is 0.251 e. The second-order valence-corrected chi connectivity index (χ2v) is 13.0. The van der Waals surface area contributed by atoms with Gasteiger partial charge in [-0.05, 0) is 60.9 Å². The number of nitriles is 1. The summed E-state index contributed by atoms with van der Waals surface area (Å²) in [5.74, 6) is -3.09. The lowest BCUT2D eigenvalue weighted by atomic mass is 9.93. The Kier molecular flexibility index (Phi) is 15.3. The normalized spacial score (nSPS) is 15.1. The number of carbonyl (C=O) groups excluding carboxylic acids is 6. The monoisotopic (exact) mass is 769 g/mol. The van der Waals surface area contributed by atoms with Gasteiger partial charge in [0.05, 0.1) is 25.7 Å². The van der Waals surface area contributed by atoms with Crippen LogP contribution in [0.4, 0.5) is 0 Å². The fourth-order valence-electron chi connectivity index (χ4n) is 6.02. The van der Waals surface area contributed by atoms with Crippen LogP contribution in [0.3, 0.4) is 0 Å². The Morgan fingerprint density at radius 3 is 2.23 bits per heavy atom.